The standard InChI is InChI=1S/C8H17BrSi/c1-3-5-8(6-4-2)7-10-9/h7H,3-6,10H2,1-2H3. The average Bonchev–Trinajstić information content (AvgIpc) is 1.90. The summed E-state index contributed by atoms with van der Waals surface area (Å²) >= 11 is 3.55. The van der Waals surface area contributed by atoms with Crippen molar-refractivity contribution in [3.05, 3.63) is 11.3 Å². The highest BCUT2D eigenvalue weighted by atomic mass is 79.9. The average molecular weight is 221 g/mol. The summed E-state index contributed by atoms with van der Waals surface area (Å²) < 4.78 is 0. The monoisotopic (exact) mass is 220 g/mol. The fourth-order valence-electron chi connectivity index (χ4n) is 1.08. The van der Waals surface area contributed by atoms with Gasteiger partial charge in [-0.15, -0.1) is 15.3 Å². The van der Waals surface area contributed by atoms with Crippen LogP contribution in [0.5, 0.6) is 0 Å². The molecule has 0 rings (SSSR count). The zero-order valence-electron chi connectivity index (χ0n) is 6.99. The van der Waals surface area contributed by atoms with Crippen molar-refractivity contribution in [1.29, 1.82) is 0 Å². The fraction of sp³-hybridized carbons (Fsp3) is 0.750. The van der Waals surface area contributed by atoms with Crippen LogP contribution in [0.4, 0.5) is 0 Å². The largest absolute Gasteiger partial charge is 0.130 e. The molecule has 0 fully saturated rings. The molecule has 0 radical (unpaired) electrons. The van der Waals surface area contributed by atoms with Crippen molar-refractivity contribution in [2.45, 2.75) is 39.5 Å². The SMILES string of the molecule is CCCC(=C[SiH2]Br)CCC. The quantitative estimate of drug-likeness (QED) is 0.494. The van der Waals surface area contributed by atoms with Gasteiger partial charge >= 0.3 is 0 Å². The summed E-state index contributed by atoms with van der Waals surface area (Å²) in [5.74, 6) is 0. The number of rotatable bonds is 5. The van der Waals surface area contributed by atoms with Gasteiger partial charge in [0.25, 0.3) is 0 Å². The second kappa shape index (κ2) is 7.54. The second-order valence-electron chi connectivity index (χ2n) is 2.52. The Labute approximate surface area is 74.5 Å². The van der Waals surface area contributed by atoms with Crippen LogP contribution in [0.1, 0.15) is 39.5 Å². The Morgan fingerprint density at radius 3 is 2.10 bits per heavy atom. The van der Waals surface area contributed by atoms with Gasteiger partial charge in [-0.05, 0) is 12.8 Å². The van der Waals surface area contributed by atoms with Crippen molar-refractivity contribution >= 4 is 23.4 Å². The summed E-state index contributed by atoms with van der Waals surface area (Å²) in [6.45, 7) is 4.50. The number of hydrogen-bond acceptors (Lipinski definition) is 0. The summed E-state index contributed by atoms with van der Waals surface area (Å²) in [6.07, 6.45) is 5.22. The van der Waals surface area contributed by atoms with E-state index < -0.39 is 0 Å². The summed E-state index contributed by atoms with van der Waals surface area (Å²) in [7, 11) is -0.0236. The van der Waals surface area contributed by atoms with E-state index in [1.807, 2.05) is 0 Å². The van der Waals surface area contributed by atoms with Crippen molar-refractivity contribution in [2.24, 2.45) is 0 Å². The van der Waals surface area contributed by atoms with Crippen LogP contribution in [0.25, 0.3) is 0 Å². The molecule has 60 valence electrons. The van der Waals surface area contributed by atoms with Gasteiger partial charge in [-0.3, -0.25) is 0 Å². The zero-order valence-corrected chi connectivity index (χ0v) is 9.99. The lowest BCUT2D eigenvalue weighted by molar-refractivity contribution is 0.806. The minimum absolute atomic E-state index is 0.0236. The first kappa shape index (κ1) is 10.4. The minimum atomic E-state index is -0.0236. The molecule has 0 aliphatic heterocycles. The highest BCUT2D eigenvalue weighted by molar-refractivity contribution is 9.23. The van der Waals surface area contributed by atoms with Crippen LogP contribution in [-0.2, 0) is 0 Å². The number of halogens is 1. The third-order valence-electron chi connectivity index (χ3n) is 1.51. The predicted molar refractivity (Wildman–Crippen MR) is 55.4 cm³/mol. The van der Waals surface area contributed by atoms with Gasteiger partial charge in [-0.1, -0.05) is 38.0 Å². The van der Waals surface area contributed by atoms with Crippen LogP contribution in [0.15, 0.2) is 11.3 Å². The Hall–Kier alpha value is 0.437. The molecule has 0 aliphatic carbocycles. The van der Waals surface area contributed by atoms with Gasteiger partial charge in [-0.25, -0.2) is 0 Å². The molecule has 2 heteroatoms. The summed E-state index contributed by atoms with van der Waals surface area (Å²) in [6, 6.07) is 0. The highest BCUT2D eigenvalue weighted by Gasteiger charge is 1.92. The molecule has 0 atom stereocenters. The van der Waals surface area contributed by atoms with Crippen LogP contribution < -0.4 is 0 Å². The molecule has 0 unspecified atom stereocenters. The molecule has 0 aromatic carbocycles. The van der Waals surface area contributed by atoms with E-state index in [1.165, 1.54) is 25.7 Å². The Morgan fingerprint density at radius 2 is 1.80 bits per heavy atom. The van der Waals surface area contributed by atoms with Crippen LogP contribution in [0.3, 0.4) is 0 Å². The molecule has 0 saturated heterocycles. The van der Waals surface area contributed by atoms with Crippen molar-refractivity contribution in [3.8, 4) is 0 Å². The van der Waals surface area contributed by atoms with E-state index in [9.17, 15) is 0 Å². The van der Waals surface area contributed by atoms with E-state index >= 15 is 0 Å². The second-order valence-corrected chi connectivity index (χ2v) is 5.18. The zero-order chi connectivity index (χ0) is 7.82. The number of allylic oxidation sites excluding steroid dienone is 1. The van der Waals surface area contributed by atoms with Gasteiger partial charge < -0.3 is 0 Å². The minimum Gasteiger partial charge on any atom is -0.130 e. The fourth-order valence-corrected chi connectivity index (χ4v) is 3.08. The van der Waals surface area contributed by atoms with Gasteiger partial charge in [0.2, 0.25) is 0 Å². The molecule has 10 heavy (non-hydrogen) atoms. The van der Waals surface area contributed by atoms with E-state index in [4.69, 9.17) is 0 Å². The molecule has 0 spiro atoms. The van der Waals surface area contributed by atoms with Crippen molar-refractivity contribution in [3.63, 3.8) is 0 Å². The predicted octanol–water partition coefficient (Wildman–Crippen LogP) is 2.95. The van der Waals surface area contributed by atoms with E-state index in [0.29, 0.717) is 0 Å². The first-order chi connectivity index (χ1) is 4.85. The Balaban J connectivity index is 3.60. The molecule has 0 nitrogen and oxygen atoms in total. The topological polar surface area (TPSA) is 0 Å². The first-order valence-electron chi connectivity index (χ1n) is 4.09. The molecule has 0 aromatic rings. The molecular formula is C8H17BrSi. The van der Waals surface area contributed by atoms with Gasteiger partial charge in [0.1, 0.15) is 8.14 Å². The van der Waals surface area contributed by atoms with E-state index in [0.717, 1.165) is 0 Å². The number of hydrogen-bond donors (Lipinski definition) is 0. The molecule has 0 N–H and O–H groups in total. The first-order valence-corrected chi connectivity index (χ1v) is 8.80. The lowest BCUT2D eigenvalue weighted by Gasteiger charge is -2.01. The lowest BCUT2D eigenvalue weighted by Crippen LogP contribution is -1.84. The highest BCUT2D eigenvalue weighted by Crippen LogP contribution is 2.11. The lowest BCUT2D eigenvalue weighted by atomic mass is 10.1. The van der Waals surface area contributed by atoms with Gasteiger partial charge in [-0.2, -0.15) is 0 Å². The molecule has 0 heterocycles. The van der Waals surface area contributed by atoms with Crippen LogP contribution in [0.2, 0.25) is 0 Å². The third kappa shape index (κ3) is 5.24. The molecular weight excluding hydrogens is 204 g/mol. The summed E-state index contributed by atoms with van der Waals surface area (Å²) in [5, 5.41) is 0. The van der Waals surface area contributed by atoms with Crippen molar-refractivity contribution in [2.75, 3.05) is 0 Å². The van der Waals surface area contributed by atoms with Gasteiger partial charge in [0.05, 0.1) is 0 Å². The Morgan fingerprint density at radius 1 is 1.30 bits per heavy atom. The normalized spacial score (nSPS) is 10.7. The maximum absolute atomic E-state index is 3.55. The molecule has 0 amide bonds. The maximum Gasteiger partial charge on any atom is 0.122 e. The summed E-state index contributed by atoms with van der Waals surface area (Å²) in [5.41, 5.74) is 4.11. The van der Waals surface area contributed by atoms with E-state index in [2.05, 4.69) is 34.8 Å². The molecule has 0 bridgehead atoms. The molecule has 0 saturated carbocycles. The molecule has 0 aromatic heterocycles. The van der Waals surface area contributed by atoms with Crippen LogP contribution >= 0.6 is 15.3 Å². The summed E-state index contributed by atoms with van der Waals surface area (Å²) in [4.78, 5) is 0. The molecule has 0 aliphatic rings. The van der Waals surface area contributed by atoms with Crippen molar-refractivity contribution in [1.82, 2.24) is 0 Å². The van der Waals surface area contributed by atoms with E-state index in [-0.39, 0.29) is 8.14 Å². The Bertz CT molecular complexity index is 91.4. The smallest absolute Gasteiger partial charge is 0.122 e. The Kier molecular flexibility index (Phi) is 7.87. The third-order valence-corrected chi connectivity index (χ3v) is 3.21. The van der Waals surface area contributed by atoms with E-state index in [1.54, 1.807) is 5.57 Å². The van der Waals surface area contributed by atoms with Crippen molar-refractivity contribution < 1.29 is 0 Å². The maximum atomic E-state index is 3.55. The van der Waals surface area contributed by atoms with Gasteiger partial charge in [0.15, 0.2) is 0 Å². The van der Waals surface area contributed by atoms with Crippen LogP contribution in [0, 0.1) is 0 Å². The van der Waals surface area contributed by atoms with Crippen LogP contribution in [-0.4, -0.2) is 8.14 Å². The van der Waals surface area contributed by atoms with Gasteiger partial charge in [0, 0.05) is 0 Å².